The van der Waals surface area contributed by atoms with Gasteiger partial charge in [-0.1, -0.05) is 81.4 Å². The number of carbonyl (C=O) groups is 1. The molecule has 0 aromatic heterocycles. The summed E-state index contributed by atoms with van der Waals surface area (Å²) >= 11 is 0. The lowest BCUT2D eigenvalue weighted by atomic mass is 9.97. The van der Waals surface area contributed by atoms with E-state index < -0.39 is 41.1 Å². The van der Waals surface area contributed by atoms with Crippen LogP contribution in [-0.2, 0) is 29.7 Å². The van der Waals surface area contributed by atoms with Crippen LogP contribution in [-0.4, -0.2) is 40.9 Å². The molecule has 3 rings (SSSR count). The molecule has 0 bridgehead atoms. The number of ether oxygens (including phenoxy) is 2. The predicted octanol–water partition coefficient (Wildman–Crippen LogP) is 7.04. The average molecular weight is 527 g/mol. The maximum atomic E-state index is 12.1. The van der Waals surface area contributed by atoms with Gasteiger partial charge in [-0.3, -0.25) is 0 Å². The number of esters is 1. The summed E-state index contributed by atoms with van der Waals surface area (Å²) < 4.78 is 26.3. The summed E-state index contributed by atoms with van der Waals surface area (Å²) in [6.07, 6.45) is 1.31. The van der Waals surface area contributed by atoms with E-state index in [1.807, 2.05) is 48.5 Å². The zero-order chi connectivity index (χ0) is 26.6. The van der Waals surface area contributed by atoms with Crippen LogP contribution in [0.5, 0.6) is 0 Å². The number of benzene rings is 2. The Morgan fingerprint density at radius 3 is 1.97 bits per heavy atom. The first-order valence-corrected chi connectivity index (χ1v) is 19.0. The van der Waals surface area contributed by atoms with Crippen LogP contribution in [0.1, 0.15) is 38.0 Å². The fourth-order valence-corrected chi connectivity index (χ4v) is 6.22. The van der Waals surface area contributed by atoms with E-state index in [0.29, 0.717) is 6.61 Å². The van der Waals surface area contributed by atoms with Gasteiger partial charge in [0, 0.05) is 6.08 Å². The van der Waals surface area contributed by atoms with Crippen LogP contribution in [0, 0.1) is 0 Å². The number of carbonyl (C=O) groups excluding carboxylic acids is 1. The van der Waals surface area contributed by atoms with Gasteiger partial charge in [0.1, 0.15) is 18.3 Å². The van der Waals surface area contributed by atoms with E-state index in [1.54, 1.807) is 6.08 Å². The first-order chi connectivity index (χ1) is 16.8. The summed E-state index contributed by atoms with van der Waals surface area (Å²) in [6.45, 7) is 18.0. The second kappa shape index (κ2) is 11.6. The van der Waals surface area contributed by atoms with E-state index in [9.17, 15) is 4.79 Å². The number of hydrogen-bond acceptors (Lipinski definition) is 5. The second-order valence-corrected chi connectivity index (χ2v) is 21.1. The minimum absolute atomic E-state index is 0.00112. The van der Waals surface area contributed by atoms with Crippen LogP contribution in [0.25, 0.3) is 0 Å². The van der Waals surface area contributed by atoms with Crippen molar-refractivity contribution >= 4 is 22.6 Å². The first-order valence-electron chi connectivity index (χ1n) is 12.7. The van der Waals surface area contributed by atoms with Gasteiger partial charge >= 0.3 is 5.97 Å². The highest BCUT2D eigenvalue weighted by molar-refractivity contribution is 6.74. The molecule has 0 saturated heterocycles. The Morgan fingerprint density at radius 2 is 1.47 bits per heavy atom. The Balaban J connectivity index is 2.09. The molecule has 1 aliphatic heterocycles. The minimum atomic E-state index is -2.23. The molecule has 1 aliphatic rings. The molecule has 0 fully saturated rings. The van der Waals surface area contributed by atoms with Gasteiger partial charge in [0.2, 0.25) is 0 Å². The third-order valence-corrected chi connectivity index (χ3v) is 12.2. The molecule has 5 nitrogen and oxygen atoms in total. The third kappa shape index (κ3) is 7.73. The molecule has 4 atom stereocenters. The standard InChI is InChI=1S/C29H42O5Si2/c1-29(2,3)36(7,8)34-26(23-17-13-10-14-18-23)28(31-21-22-15-11-9-12-16-22)27(33-35(4,5)6)24-19-20-25(30)32-24/h9-20,24,26-28H,21H2,1-8H3/t24-,26-,27-,28-/m1/s1. The molecule has 7 heteroatoms. The third-order valence-electron chi connectivity index (χ3n) is 6.75. The second-order valence-electron chi connectivity index (χ2n) is 11.9. The Morgan fingerprint density at radius 1 is 0.889 bits per heavy atom. The summed E-state index contributed by atoms with van der Waals surface area (Å²) in [5.74, 6) is -0.354. The molecule has 0 radical (unpaired) electrons. The first kappa shape index (κ1) is 28.5. The largest absolute Gasteiger partial charge is 0.452 e. The van der Waals surface area contributed by atoms with Crippen LogP contribution in [0.3, 0.4) is 0 Å². The van der Waals surface area contributed by atoms with E-state index in [0.717, 1.165) is 11.1 Å². The zero-order valence-electron chi connectivity index (χ0n) is 23.0. The Labute approximate surface area is 219 Å². The smallest absolute Gasteiger partial charge is 0.331 e. The van der Waals surface area contributed by atoms with Gasteiger partial charge in [-0.2, -0.15) is 0 Å². The van der Waals surface area contributed by atoms with Gasteiger partial charge in [0.25, 0.3) is 0 Å². The topological polar surface area (TPSA) is 54.0 Å². The van der Waals surface area contributed by atoms with Crippen molar-refractivity contribution in [3.05, 3.63) is 83.9 Å². The van der Waals surface area contributed by atoms with E-state index in [-0.39, 0.29) is 11.0 Å². The lowest BCUT2D eigenvalue weighted by molar-refractivity contribution is -0.154. The predicted molar refractivity (Wildman–Crippen MR) is 150 cm³/mol. The quantitative estimate of drug-likeness (QED) is 0.232. The lowest BCUT2D eigenvalue weighted by Crippen LogP contribution is -2.52. The number of hydrogen-bond donors (Lipinski definition) is 0. The van der Waals surface area contributed by atoms with Crippen LogP contribution < -0.4 is 0 Å². The van der Waals surface area contributed by atoms with Crippen molar-refractivity contribution in [3.63, 3.8) is 0 Å². The molecule has 36 heavy (non-hydrogen) atoms. The summed E-state index contributed by atoms with van der Waals surface area (Å²) in [6, 6.07) is 20.3. The molecule has 196 valence electrons. The van der Waals surface area contributed by atoms with Crippen molar-refractivity contribution in [1.82, 2.24) is 0 Å². The molecule has 0 unspecified atom stereocenters. The molecular formula is C29H42O5Si2. The summed E-state index contributed by atoms with van der Waals surface area (Å²) in [7, 11) is -4.30. The van der Waals surface area contributed by atoms with Crippen molar-refractivity contribution in [2.75, 3.05) is 0 Å². The van der Waals surface area contributed by atoms with Gasteiger partial charge in [0.15, 0.2) is 16.6 Å². The highest BCUT2D eigenvalue weighted by atomic mass is 28.4. The molecular weight excluding hydrogens is 484 g/mol. The highest BCUT2D eigenvalue weighted by Gasteiger charge is 2.47. The molecule has 1 heterocycles. The van der Waals surface area contributed by atoms with Crippen molar-refractivity contribution in [1.29, 1.82) is 0 Å². The van der Waals surface area contributed by atoms with Crippen LogP contribution in [0.15, 0.2) is 72.8 Å². The molecule has 0 spiro atoms. The normalized spacial score (nSPS) is 19.1. The van der Waals surface area contributed by atoms with Crippen molar-refractivity contribution < 1.29 is 23.1 Å². The molecule has 2 aromatic rings. The van der Waals surface area contributed by atoms with E-state index in [4.69, 9.17) is 18.3 Å². The Hall–Kier alpha value is -2.04. The Bertz CT molecular complexity index is 1010. The summed E-state index contributed by atoms with van der Waals surface area (Å²) in [5, 5.41) is -0.00112. The SMILES string of the molecule is CC(C)(C)[Si](C)(C)O[C@H](c1ccccc1)[C@@H](OCc1ccccc1)[C@H](O[Si](C)(C)C)[C@H]1C=CC(=O)O1. The molecule has 2 aromatic carbocycles. The molecule has 0 saturated carbocycles. The number of rotatable bonds is 11. The molecule has 0 N–H and O–H groups in total. The minimum Gasteiger partial charge on any atom is -0.452 e. The van der Waals surface area contributed by atoms with E-state index in [1.165, 1.54) is 6.08 Å². The number of cyclic esters (lactones) is 1. The van der Waals surface area contributed by atoms with Crippen LogP contribution in [0.4, 0.5) is 0 Å². The van der Waals surface area contributed by atoms with E-state index >= 15 is 0 Å². The van der Waals surface area contributed by atoms with Crippen molar-refractivity contribution in [2.24, 2.45) is 0 Å². The van der Waals surface area contributed by atoms with Gasteiger partial charge in [-0.15, -0.1) is 0 Å². The van der Waals surface area contributed by atoms with Gasteiger partial charge in [-0.05, 0) is 55.0 Å². The average Bonchev–Trinajstić information content (AvgIpc) is 3.23. The van der Waals surface area contributed by atoms with Crippen molar-refractivity contribution in [3.8, 4) is 0 Å². The molecule has 0 amide bonds. The fraction of sp³-hybridized carbons (Fsp3) is 0.483. The maximum Gasteiger partial charge on any atom is 0.331 e. The van der Waals surface area contributed by atoms with Crippen LogP contribution >= 0.6 is 0 Å². The Kier molecular flexibility index (Phi) is 9.17. The summed E-state index contributed by atoms with van der Waals surface area (Å²) in [5.41, 5.74) is 2.09. The monoisotopic (exact) mass is 526 g/mol. The summed E-state index contributed by atoms with van der Waals surface area (Å²) in [4.78, 5) is 12.1. The highest BCUT2D eigenvalue weighted by Crippen LogP contribution is 2.42. The molecule has 0 aliphatic carbocycles. The van der Waals surface area contributed by atoms with E-state index in [2.05, 4.69) is 65.6 Å². The lowest BCUT2D eigenvalue weighted by Gasteiger charge is -2.44. The van der Waals surface area contributed by atoms with Gasteiger partial charge < -0.3 is 18.3 Å². The zero-order valence-corrected chi connectivity index (χ0v) is 25.0. The van der Waals surface area contributed by atoms with Crippen molar-refractivity contribution in [2.45, 2.75) is 89.6 Å². The van der Waals surface area contributed by atoms with Gasteiger partial charge in [0.05, 0.1) is 12.7 Å². The van der Waals surface area contributed by atoms with Crippen LogP contribution in [0.2, 0.25) is 37.8 Å². The van der Waals surface area contributed by atoms with Gasteiger partial charge in [-0.25, -0.2) is 4.79 Å². The maximum absolute atomic E-state index is 12.1. The fourth-order valence-electron chi connectivity index (χ4n) is 3.87.